The molecule has 1 fully saturated rings. The maximum atomic E-state index is 14.1. The number of anilines is 2. The Morgan fingerprint density at radius 1 is 1.19 bits per heavy atom. The van der Waals surface area contributed by atoms with E-state index >= 15 is 0 Å². The summed E-state index contributed by atoms with van der Waals surface area (Å²) in [5.41, 5.74) is 4.02. The first kappa shape index (κ1) is 24.1. The summed E-state index contributed by atoms with van der Waals surface area (Å²) in [5.74, 6) is 1.69. The first-order chi connectivity index (χ1) is 17.5. The fourth-order valence-corrected chi connectivity index (χ4v) is 4.55. The number of hydrogen-bond acceptors (Lipinski definition) is 7. The van der Waals surface area contributed by atoms with Crippen LogP contribution in [0, 0.1) is 11.7 Å². The third-order valence-electron chi connectivity index (χ3n) is 6.72. The molecule has 1 aliphatic rings. The molecule has 5 rings (SSSR count). The van der Waals surface area contributed by atoms with E-state index in [0.29, 0.717) is 25.3 Å². The van der Waals surface area contributed by atoms with E-state index in [-0.39, 0.29) is 23.8 Å². The predicted octanol–water partition coefficient (Wildman–Crippen LogP) is 4.05. The topological polar surface area (TPSA) is 99.4 Å². The van der Waals surface area contributed by atoms with E-state index in [9.17, 15) is 9.50 Å². The number of aliphatic hydroxyl groups excluding tert-OH is 1. The van der Waals surface area contributed by atoms with Gasteiger partial charge in [0, 0.05) is 48.9 Å². The third-order valence-corrected chi connectivity index (χ3v) is 6.72. The third kappa shape index (κ3) is 5.17. The zero-order valence-corrected chi connectivity index (χ0v) is 20.6. The van der Waals surface area contributed by atoms with Gasteiger partial charge in [0.25, 0.3) is 0 Å². The van der Waals surface area contributed by atoms with Crippen LogP contribution >= 0.6 is 0 Å². The normalized spacial score (nSPS) is 18.0. The number of halogens is 1. The molecule has 188 valence electrons. The average molecular weight is 490 g/mol. The van der Waals surface area contributed by atoms with Gasteiger partial charge in [-0.2, -0.15) is 9.61 Å². The summed E-state index contributed by atoms with van der Waals surface area (Å²) in [6.07, 6.45) is 4.02. The monoisotopic (exact) mass is 489 g/mol. The van der Waals surface area contributed by atoms with Gasteiger partial charge >= 0.3 is 0 Å². The number of benzene rings is 1. The van der Waals surface area contributed by atoms with Gasteiger partial charge in [-0.1, -0.05) is 38.1 Å². The lowest BCUT2D eigenvalue weighted by Crippen LogP contribution is -2.43. The highest BCUT2D eigenvalue weighted by atomic mass is 19.1. The van der Waals surface area contributed by atoms with Crippen molar-refractivity contribution in [2.75, 3.05) is 30.3 Å². The van der Waals surface area contributed by atoms with Gasteiger partial charge < -0.3 is 21.1 Å². The van der Waals surface area contributed by atoms with Crippen molar-refractivity contribution in [1.82, 2.24) is 24.9 Å². The van der Waals surface area contributed by atoms with Gasteiger partial charge in [-0.25, -0.2) is 9.37 Å². The highest BCUT2D eigenvalue weighted by Gasteiger charge is 2.23. The number of piperidine rings is 1. The largest absolute Gasteiger partial charge is 0.391 e. The molecule has 9 heteroatoms. The van der Waals surface area contributed by atoms with Gasteiger partial charge in [-0.3, -0.25) is 4.98 Å². The van der Waals surface area contributed by atoms with Crippen molar-refractivity contribution in [2.45, 2.75) is 38.8 Å². The van der Waals surface area contributed by atoms with E-state index in [2.05, 4.69) is 39.9 Å². The molecule has 0 radical (unpaired) electrons. The number of β-amino-alcohol motifs (C(OH)–C–C–N with tert-alkyl or cyclic N) is 1. The molecule has 0 amide bonds. The SMILES string of the molecule is CC(C)c1cnn2c(NCc3ccc(-c4ncccc4F)cc3)cc(NC[C@H]3CCNC[C@@H]3O)nc12. The minimum Gasteiger partial charge on any atom is -0.391 e. The van der Waals surface area contributed by atoms with Crippen molar-refractivity contribution < 1.29 is 9.50 Å². The van der Waals surface area contributed by atoms with Gasteiger partial charge in [-0.05, 0) is 36.6 Å². The number of nitrogens with one attached hydrogen (secondary N) is 3. The van der Waals surface area contributed by atoms with E-state index in [1.165, 1.54) is 6.07 Å². The lowest BCUT2D eigenvalue weighted by atomic mass is 9.95. The summed E-state index contributed by atoms with van der Waals surface area (Å²) in [4.78, 5) is 9.00. The quantitative estimate of drug-likeness (QED) is 0.296. The molecule has 1 aromatic carbocycles. The van der Waals surface area contributed by atoms with Crippen molar-refractivity contribution in [3.8, 4) is 11.3 Å². The Morgan fingerprint density at radius 2 is 2.03 bits per heavy atom. The van der Waals surface area contributed by atoms with Crippen LogP contribution in [0.25, 0.3) is 16.9 Å². The zero-order valence-electron chi connectivity index (χ0n) is 20.6. The van der Waals surface area contributed by atoms with Crippen molar-refractivity contribution in [3.63, 3.8) is 0 Å². The summed E-state index contributed by atoms with van der Waals surface area (Å²) >= 11 is 0. The number of aromatic nitrogens is 4. The van der Waals surface area contributed by atoms with Crippen LogP contribution < -0.4 is 16.0 Å². The van der Waals surface area contributed by atoms with Crippen LogP contribution in [0.3, 0.4) is 0 Å². The molecule has 0 unspecified atom stereocenters. The van der Waals surface area contributed by atoms with E-state index in [1.54, 1.807) is 12.3 Å². The smallest absolute Gasteiger partial charge is 0.163 e. The maximum absolute atomic E-state index is 14.1. The first-order valence-electron chi connectivity index (χ1n) is 12.4. The molecule has 0 bridgehead atoms. The maximum Gasteiger partial charge on any atom is 0.163 e. The molecule has 4 N–H and O–H groups in total. The summed E-state index contributed by atoms with van der Waals surface area (Å²) < 4.78 is 15.9. The number of aliphatic hydroxyl groups is 1. The Labute approximate surface area is 210 Å². The van der Waals surface area contributed by atoms with Crippen molar-refractivity contribution >= 4 is 17.3 Å². The van der Waals surface area contributed by atoms with Crippen molar-refractivity contribution in [1.29, 1.82) is 0 Å². The number of pyridine rings is 1. The summed E-state index contributed by atoms with van der Waals surface area (Å²) in [6, 6.07) is 12.7. The number of rotatable bonds is 8. The second-order valence-electron chi connectivity index (χ2n) is 9.60. The average Bonchev–Trinajstić information content (AvgIpc) is 3.32. The Hall–Kier alpha value is -3.56. The van der Waals surface area contributed by atoms with Crippen molar-refractivity contribution in [3.05, 3.63) is 71.8 Å². The van der Waals surface area contributed by atoms with Crippen LogP contribution in [-0.2, 0) is 6.54 Å². The number of nitrogens with zero attached hydrogens (tertiary/aromatic N) is 4. The summed E-state index contributed by atoms with van der Waals surface area (Å²) in [7, 11) is 0. The van der Waals surface area contributed by atoms with Crippen LogP contribution in [-0.4, -0.2) is 50.4 Å². The molecule has 1 saturated heterocycles. The lowest BCUT2D eigenvalue weighted by molar-refractivity contribution is 0.0883. The van der Waals surface area contributed by atoms with Crippen molar-refractivity contribution in [2.24, 2.45) is 5.92 Å². The Balaban J connectivity index is 1.35. The molecule has 0 aliphatic carbocycles. The second kappa shape index (κ2) is 10.6. The molecule has 1 aliphatic heterocycles. The predicted molar refractivity (Wildman–Crippen MR) is 140 cm³/mol. The van der Waals surface area contributed by atoms with Crippen LogP contribution in [0.5, 0.6) is 0 Å². The molecule has 4 aromatic rings. The highest BCUT2D eigenvalue weighted by molar-refractivity contribution is 5.62. The summed E-state index contributed by atoms with van der Waals surface area (Å²) in [5, 5.41) is 25.0. The van der Waals surface area contributed by atoms with Gasteiger partial charge in [0.1, 0.15) is 23.1 Å². The highest BCUT2D eigenvalue weighted by Crippen LogP contribution is 2.26. The van der Waals surface area contributed by atoms with E-state index in [0.717, 1.165) is 46.9 Å². The molecule has 2 atom stereocenters. The fourth-order valence-electron chi connectivity index (χ4n) is 4.55. The molecule has 0 spiro atoms. The van der Waals surface area contributed by atoms with Gasteiger partial charge in [-0.15, -0.1) is 0 Å². The molecule has 4 heterocycles. The number of fused-ring (bicyclic) bond motifs is 1. The Bertz CT molecular complexity index is 1320. The molecular weight excluding hydrogens is 457 g/mol. The lowest BCUT2D eigenvalue weighted by Gasteiger charge is -2.28. The van der Waals surface area contributed by atoms with Crippen LogP contribution in [0.1, 0.15) is 37.3 Å². The van der Waals surface area contributed by atoms with Crippen LogP contribution in [0.4, 0.5) is 16.0 Å². The summed E-state index contributed by atoms with van der Waals surface area (Å²) in [6.45, 7) is 7.01. The van der Waals surface area contributed by atoms with E-state index < -0.39 is 0 Å². The Morgan fingerprint density at radius 3 is 2.78 bits per heavy atom. The molecular formula is C27H32FN7O. The zero-order chi connectivity index (χ0) is 25.1. The molecule has 3 aromatic heterocycles. The fraction of sp³-hybridized carbons (Fsp3) is 0.370. The molecule has 36 heavy (non-hydrogen) atoms. The Kier molecular flexibility index (Phi) is 7.11. The second-order valence-corrected chi connectivity index (χ2v) is 9.60. The van der Waals surface area contributed by atoms with Gasteiger partial charge in [0.05, 0.1) is 12.3 Å². The standard InChI is InChI=1S/C27H32FN7O/c1-17(2)21-15-33-35-25(12-24(34-27(21)35)31-14-20-9-11-29-16-23(20)36)32-13-18-5-7-19(8-6-18)26-22(28)4-3-10-30-26/h3-8,10,12,15,17,20,23,29,32,36H,9,11,13-14,16H2,1-2H3,(H,31,34)/t20-,23+/m1/s1. The van der Waals surface area contributed by atoms with E-state index in [1.807, 2.05) is 41.0 Å². The van der Waals surface area contributed by atoms with Gasteiger partial charge in [0.15, 0.2) is 5.65 Å². The van der Waals surface area contributed by atoms with Crippen LogP contribution in [0.2, 0.25) is 0 Å². The minimum atomic E-state index is -0.365. The molecule has 0 saturated carbocycles. The number of hydrogen-bond donors (Lipinski definition) is 4. The van der Waals surface area contributed by atoms with E-state index in [4.69, 9.17) is 4.98 Å². The minimum absolute atomic E-state index is 0.178. The van der Waals surface area contributed by atoms with Crippen LogP contribution in [0.15, 0.2) is 54.9 Å². The first-order valence-corrected chi connectivity index (χ1v) is 12.4. The molecule has 8 nitrogen and oxygen atoms in total. The van der Waals surface area contributed by atoms with Gasteiger partial charge in [0.2, 0.25) is 0 Å².